The van der Waals surface area contributed by atoms with Gasteiger partial charge in [-0.1, -0.05) is 41.2 Å². The van der Waals surface area contributed by atoms with Gasteiger partial charge >= 0.3 is 11.9 Å². The van der Waals surface area contributed by atoms with E-state index in [9.17, 15) is 23.9 Å². The van der Waals surface area contributed by atoms with E-state index >= 15 is 0 Å². The van der Waals surface area contributed by atoms with Gasteiger partial charge in [-0.2, -0.15) is 0 Å². The number of hydrogen-bond acceptors (Lipinski definition) is 7. The van der Waals surface area contributed by atoms with Crippen LogP contribution in [0.15, 0.2) is 54.1 Å². The van der Waals surface area contributed by atoms with Gasteiger partial charge in [-0.15, -0.1) is 0 Å². The molecule has 0 spiro atoms. The van der Waals surface area contributed by atoms with Gasteiger partial charge in [-0.25, -0.2) is 14.2 Å². The second kappa shape index (κ2) is 8.59. The molecule has 1 amide bonds. The fourth-order valence-corrected chi connectivity index (χ4v) is 4.64. The van der Waals surface area contributed by atoms with Crippen molar-refractivity contribution in [2.75, 3.05) is 12.0 Å². The highest BCUT2D eigenvalue weighted by Crippen LogP contribution is 2.43. The van der Waals surface area contributed by atoms with Gasteiger partial charge in [0, 0.05) is 5.56 Å². The average Bonchev–Trinajstić information content (AvgIpc) is 3.31. The number of hydrogen-bond donors (Lipinski definition) is 1. The van der Waals surface area contributed by atoms with E-state index in [2.05, 4.69) is 4.98 Å². The van der Waals surface area contributed by atoms with Crippen molar-refractivity contribution >= 4 is 39.9 Å². The van der Waals surface area contributed by atoms with Gasteiger partial charge in [-0.05, 0) is 43.7 Å². The third-order valence-electron chi connectivity index (χ3n) is 5.32. The summed E-state index contributed by atoms with van der Waals surface area (Å²) in [4.78, 5) is 44.0. The number of carbonyl (C=O) groups is 3. The molecule has 9 heteroatoms. The van der Waals surface area contributed by atoms with Gasteiger partial charge in [-0.3, -0.25) is 14.5 Å². The van der Waals surface area contributed by atoms with Crippen molar-refractivity contribution in [3.8, 4) is 0 Å². The van der Waals surface area contributed by atoms with Gasteiger partial charge in [0.1, 0.15) is 16.5 Å². The van der Waals surface area contributed by atoms with Crippen molar-refractivity contribution in [2.45, 2.75) is 19.9 Å². The van der Waals surface area contributed by atoms with Crippen molar-refractivity contribution in [2.24, 2.45) is 0 Å². The zero-order chi connectivity index (χ0) is 23.9. The number of aryl methyl sites for hydroxylation is 2. The summed E-state index contributed by atoms with van der Waals surface area (Å²) in [5, 5.41) is 11.1. The first-order valence-corrected chi connectivity index (χ1v) is 10.7. The number of carbonyl (C=O) groups excluding carboxylic acids is 3. The van der Waals surface area contributed by atoms with Crippen LogP contribution >= 0.6 is 11.3 Å². The molecule has 168 valence electrons. The summed E-state index contributed by atoms with van der Waals surface area (Å²) in [5.74, 6) is -3.34. The van der Waals surface area contributed by atoms with Crippen molar-refractivity contribution in [3.63, 3.8) is 0 Å². The van der Waals surface area contributed by atoms with Gasteiger partial charge in [0.05, 0.1) is 24.4 Å². The SMILES string of the molecule is COC(=O)c1sc(N2C(=O)C(=O)/C(=C(/O)c3ccc(F)cc3)C2c2ccc(C)cc2)nc1C. The molecule has 4 rings (SSSR count). The Hall–Kier alpha value is -3.85. The summed E-state index contributed by atoms with van der Waals surface area (Å²) in [6, 6.07) is 11.1. The lowest BCUT2D eigenvalue weighted by Gasteiger charge is -2.23. The quantitative estimate of drug-likeness (QED) is 0.266. The second-order valence-electron chi connectivity index (χ2n) is 7.49. The molecule has 1 aliphatic heterocycles. The van der Waals surface area contributed by atoms with Crippen LogP contribution < -0.4 is 4.90 Å². The number of ether oxygens (including phenoxy) is 1. The second-order valence-corrected chi connectivity index (χ2v) is 8.47. The van der Waals surface area contributed by atoms with E-state index in [-0.39, 0.29) is 21.1 Å². The average molecular weight is 466 g/mol. The van der Waals surface area contributed by atoms with Gasteiger partial charge < -0.3 is 9.84 Å². The Bertz CT molecular complexity index is 1300. The molecule has 1 aliphatic rings. The Labute approximate surface area is 192 Å². The van der Waals surface area contributed by atoms with Crippen LogP contribution in [0.5, 0.6) is 0 Å². The molecule has 0 radical (unpaired) electrons. The smallest absolute Gasteiger partial charge is 0.350 e. The number of rotatable bonds is 4. The normalized spacial score (nSPS) is 17.5. The molecule has 2 heterocycles. The van der Waals surface area contributed by atoms with E-state index in [1.54, 1.807) is 19.1 Å². The van der Waals surface area contributed by atoms with E-state index < -0.39 is 35.3 Å². The maximum Gasteiger partial charge on any atom is 0.350 e. The molecule has 0 bridgehead atoms. The molecule has 0 aliphatic carbocycles. The highest BCUT2D eigenvalue weighted by Gasteiger charge is 2.48. The molecule has 1 atom stereocenters. The predicted molar refractivity (Wildman–Crippen MR) is 121 cm³/mol. The Balaban J connectivity index is 1.93. The standard InChI is InChI=1S/C24H19FN2O5S/c1-12-4-6-14(7-5-12)18-17(19(28)15-8-10-16(25)11-9-15)20(29)22(30)27(18)24-26-13(2)21(33-24)23(31)32-3/h4-11,18,28H,1-3H3/b19-17+. The zero-order valence-electron chi connectivity index (χ0n) is 18.0. The van der Waals surface area contributed by atoms with Crippen LogP contribution in [0.2, 0.25) is 0 Å². The zero-order valence-corrected chi connectivity index (χ0v) is 18.8. The number of ketones is 1. The fraction of sp³-hybridized carbons (Fsp3) is 0.167. The Morgan fingerprint density at radius 1 is 1.09 bits per heavy atom. The number of esters is 1. The van der Waals surface area contributed by atoms with Gasteiger partial charge in [0.2, 0.25) is 0 Å². The van der Waals surface area contributed by atoms with Crippen molar-refractivity contribution in [3.05, 3.63) is 87.2 Å². The van der Waals surface area contributed by atoms with Crippen molar-refractivity contribution in [1.29, 1.82) is 0 Å². The summed E-state index contributed by atoms with van der Waals surface area (Å²) in [7, 11) is 1.24. The Kier molecular flexibility index (Phi) is 5.82. The number of halogens is 1. The minimum absolute atomic E-state index is 0.124. The summed E-state index contributed by atoms with van der Waals surface area (Å²) < 4.78 is 18.2. The van der Waals surface area contributed by atoms with E-state index in [1.165, 1.54) is 24.1 Å². The maximum absolute atomic E-state index is 13.4. The first-order valence-electron chi connectivity index (χ1n) is 9.92. The largest absolute Gasteiger partial charge is 0.507 e. The van der Waals surface area contributed by atoms with Crippen LogP contribution in [-0.2, 0) is 14.3 Å². The Morgan fingerprint density at radius 3 is 2.33 bits per heavy atom. The molecule has 2 aromatic carbocycles. The summed E-state index contributed by atoms with van der Waals surface area (Å²) in [5.41, 5.74) is 1.92. The number of benzene rings is 2. The molecule has 33 heavy (non-hydrogen) atoms. The van der Waals surface area contributed by atoms with E-state index in [0.717, 1.165) is 29.0 Å². The minimum atomic E-state index is -0.994. The van der Waals surface area contributed by atoms with Crippen LogP contribution in [0, 0.1) is 19.7 Å². The highest BCUT2D eigenvalue weighted by molar-refractivity contribution is 7.17. The monoisotopic (exact) mass is 466 g/mol. The molecule has 1 N–H and O–H groups in total. The van der Waals surface area contributed by atoms with Gasteiger partial charge in [0.25, 0.3) is 5.78 Å². The van der Waals surface area contributed by atoms with Crippen LogP contribution in [-0.4, -0.2) is 34.9 Å². The molecule has 1 saturated heterocycles. The number of anilines is 1. The third kappa shape index (κ3) is 3.91. The summed E-state index contributed by atoms with van der Waals surface area (Å²) in [6.45, 7) is 3.49. The first kappa shape index (κ1) is 22.3. The molecule has 1 aromatic heterocycles. The number of Topliss-reactive ketones (excluding diaryl/α,β-unsaturated/α-hetero) is 1. The molecular weight excluding hydrogens is 447 g/mol. The van der Waals surface area contributed by atoms with E-state index in [1.807, 2.05) is 19.1 Å². The number of aliphatic hydroxyl groups excluding tert-OH is 1. The topological polar surface area (TPSA) is 96.8 Å². The summed E-state index contributed by atoms with van der Waals surface area (Å²) in [6.07, 6.45) is 0. The third-order valence-corrected chi connectivity index (χ3v) is 6.45. The molecule has 7 nitrogen and oxygen atoms in total. The molecule has 1 fully saturated rings. The molecular formula is C24H19FN2O5S. The van der Waals surface area contributed by atoms with Crippen LogP contribution in [0.4, 0.5) is 9.52 Å². The lowest BCUT2D eigenvalue weighted by molar-refractivity contribution is -0.132. The number of nitrogens with zero attached hydrogens (tertiary/aromatic N) is 2. The van der Waals surface area contributed by atoms with Crippen molar-refractivity contribution < 1.29 is 28.6 Å². The molecule has 0 saturated carbocycles. The number of methoxy groups -OCH3 is 1. The highest BCUT2D eigenvalue weighted by atomic mass is 32.1. The minimum Gasteiger partial charge on any atom is -0.507 e. The van der Waals surface area contributed by atoms with Crippen LogP contribution in [0.3, 0.4) is 0 Å². The van der Waals surface area contributed by atoms with E-state index in [0.29, 0.717) is 11.3 Å². The van der Waals surface area contributed by atoms with Crippen LogP contribution in [0.1, 0.15) is 38.1 Å². The summed E-state index contributed by atoms with van der Waals surface area (Å²) >= 11 is 0.922. The fourth-order valence-electron chi connectivity index (χ4n) is 3.62. The Morgan fingerprint density at radius 2 is 1.73 bits per heavy atom. The number of aromatic nitrogens is 1. The van der Waals surface area contributed by atoms with Crippen molar-refractivity contribution in [1.82, 2.24) is 4.98 Å². The number of amides is 1. The van der Waals surface area contributed by atoms with Crippen LogP contribution in [0.25, 0.3) is 5.76 Å². The number of thiazole rings is 1. The maximum atomic E-state index is 13.4. The molecule has 3 aromatic rings. The number of aliphatic hydroxyl groups is 1. The lowest BCUT2D eigenvalue weighted by atomic mass is 9.95. The van der Waals surface area contributed by atoms with Gasteiger partial charge in [0.15, 0.2) is 5.13 Å². The molecule has 1 unspecified atom stereocenters. The van der Waals surface area contributed by atoms with E-state index in [4.69, 9.17) is 4.74 Å². The predicted octanol–water partition coefficient (Wildman–Crippen LogP) is 4.31. The lowest BCUT2D eigenvalue weighted by Crippen LogP contribution is -2.29. The first-order chi connectivity index (χ1) is 15.7.